The fraction of sp³-hybridized carbons (Fsp3) is 0.312. The molecule has 1 aromatic heterocycles. The van der Waals surface area contributed by atoms with E-state index in [2.05, 4.69) is 10.3 Å². The van der Waals surface area contributed by atoms with Gasteiger partial charge in [0.15, 0.2) is 21.3 Å². The molecule has 1 amide bonds. The zero-order valence-electron chi connectivity index (χ0n) is 24.5. The maximum atomic E-state index is 13.7. The quantitative estimate of drug-likeness (QED) is 0.204. The third-order valence-electron chi connectivity index (χ3n) is 7.03. The number of amides is 1. The minimum Gasteiger partial charge on any atom is -0.490 e. The summed E-state index contributed by atoms with van der Waals surface area (Å²) < 4.78 is 38.6. The number of pyridine rings is 1. The van der Waals surface area contributed by atoms with Gasteiger partial charge in [0.05, 0.1) is 22.9 Å². The molecule has 9 nitrogen and oxygen atoms in total. The van der Waals surface area contributed by atoms with Crippen LogP contribution in [0.25, 0.3) is 10.8 Å². The summed E-state index contributed by atoms with van der Waals surface area (Å²) in [7, 11) is -3.68. The van der Waals surface area contributed by atoms with Crippen LogP contribution in [-0.2, 0) is 26.6 Å². The first-order valence-corrected chi connectivity index (χ1v) is 15.4. The van der Waals surface area contributed by atoms with Crippen molar-refractivity contribution in [2.45, 2.75) is 62.8 Å². The lowest BCUT2D eigenvalue weighted by molar-refractivity contribution is -0.122. The molecule has 0 radical (unpaired) electrons. The summed E-state index contributed by atoms with van der Waals surface area (Å²) in [6.07, 6.45) is 1.44. The topological polar surface area (TPSA) is 147 Å². The van der Waals surface area contributed by atoms with Crippen LogP contribution in [0.4, 0.5) is 11.5 Å². The highest BCUT2D eigenvalue weighted by Crippen LogP contribution is 2.39. The number of carbonyl (C=O) groups is 1. The number of ether oxygens (including phenoxy) is 2. The number of fused-ring (bicyclic) bond motifs is 1. The molecule has 5 N–H and O–H groups in total. The van der Waals surface area contributed by atoms with Crippen LogP contribution in [-0.4, -0.2) is 37.3 Å². The van der Waals surface area contributed by atoms with Gasteiger partial charge in [0.25, 0.3) is 0 Å². The van der Waals surface area contributed by atoms with E-state index in [1.54, 1.807) is 68.6 Å². The van der Waals surface area contributed by atoms with Gasteiger partial charge in [-0.1, -0.05) is 24.3 Å². The third-order valence-corrected chi connectivity index (χ3v) is 9.28. The highest BCUT2D eigenvalue weighted by Gasteiger charge is 2.41. The zero-order chi connectivity index (χ0) is 30.7. The molecule has 3 aromatic carbocycles. The number of nitrogens with two attached hydrogens (primary N) is 2. The third kappa shape index (κ3) is 6.13. The molecule has 0 bridgehead atoms. The number of anilines is 2. The number of nitrogens with zero attached hydrogens (tertiary/aromatic N) is 1. The Labute approximate surface area is 247 Å². The number of nitrogens with one attached hydrogen (secondary N) is 1. The lowest BCUT2D eigenvalue weighted by Gasteiger charge is -2.35. The second-order valence-electron chi connectivity index (χ2n) is 10.7. The van der Waals surface area contributed by atoms with Gasteiger partial charge in [-0.25, -0.2) is 13.4 Å². The minimum absolute atomic E-state index is 0.0586. The predicted octanol–water partition coefficient (Wildman–Crippen LogP) is 5.22. The predicted molar refractivity (Wildman–Crippen MR) is 166 cm³/mol. The highest BCUT2D eigenvalue weighted by molar-refractivity contribution is 7.92. The van der Waals surface area contributed by atoms with Gasteiger partial charge in [0, 0.05) is 23.7 Å². The standard InChI is InChI=1S/C32H38N4O5S/c1-6-40-28-18-24(11-14-27(28)41-20(2)3)32(31(34)37,19-23-9-7-8-10-29(23)42(38,39)21(4)5)36-25-12-13-26-22(17-25)15-16-35-30(26)33/h7-18,20-21,36H,6,19H2,1-5H3,(H2,33,35)(H2,34,37). The number of hydrogen-bond acceptors (Lipinski definition) is 8. The summed E-state index contributed by atoms with van der Waals surface area (Å²) in [5.74, 6) is 0.644. The molecule has 0 saturated carbocycles. The Hall–Kier alpha value is -4.31. The lowest BCUT2D eigenvalue weighted by Crippen LogP contribution is -2.49. The first-order valence-electron chi connectivity index (χ1n) is 13.9. The second kappa shape index (κ2) is 12.3. The number of benzene rings is 3. The number of aromatic nitrogens is 1. The smallest absolute Gasteiger partial charge is 0.248 e. The molecule has 0 spiro atoms. The summed E-state index contributed by atoms with van der Waals surface area (Å²) >= 11 is 0. The van der Waals surface area contributed by atoms with E-state index in [1.807, 2.05) is 39.0 Å². The van der Waals surface area contributed by atoms with Gasteiger partial charge >= 0.3 is 0 Å². The van der Waals surface area contributed by atoms with Crippen molar-refractivity contribution in [1.82, 2.24) is 4.98 Å². The Kier molecular flexibility index (Phi) is 8.96. The lowest BCUT2D eigenvalue weighted by atomic mass is 9.82. The van der Waals surface area contributed by atoms with Crippen molar-refractivity contribution in [2.24, 2.45) is 5.73 Å². The van der Waals surface area contributed by atoms with Crippen LogP contribution in [0.3, 0.4) is 0 Å². The maximum absolute atomic E-state index is 13.7. The summed E-state index contributed by atoms with van der Waals surface area (Å²) in [4.78, 5) is 18.0. The minimum atomic E-state index is -3.68. The van der Waals surface area contributed by atoms with Gasteiger partial charge in [-0.2, -0.15) is 0 Å². The van der Waals surface area contributed by atoms with E-state index in [1.165, 1.54) is 0 Å². The van der Waals surface area contributed by atoms with Crippen LogP contribution in [0.15, 0.2) is 77.8 Å². The van der Waals surface area contributed by atoms with Gasteiger partial charge in [0.2, 0.25) is 5.91 Å². The van der Waals surface area contributed by atoms with Crippen molar-refractivity contribution in [3.05, 3.63) is 84.1 Å². The molecule has 1 atom stereocenters. The Balaban J connectivity index is 1.96. The van der Waals surface area contributed by atoms with Gasteiger partial charge < -0.3 is 26.3 Å². The summed E-state index contributed by atoms with van der Waals surface area (Å²) in [5, 5.41) is 4.29. The van der Waals surface area contributed by atoms with Gasteiger partial charge in [-0.05, 0) is 93.6 Å². The molecule has 4 aromatic rings. The monoisotopic (exact) mass is 590 g/mol. The van der Waals surface area contributed by atoms with Crippen molar-refractivity contribution < 1.29 is 22.7 Å². The van der Waals surface area contributed by atoms with Crippen LogP contribution >= 0.6 is 0 Å². The van der Waals surface area contributed by atoms with E-state index in [9.17, 15) is 13.2 Å². The molecular weight excluding hydrogens is 552 g/mol. The Morgan fingerprint density at radius 1 is 1.00 bits per heavy atom. The van der Waals surface area contributed by atoms with Crippen LogP contribution < -0.4 is 26.3 Å². The number of sulfone groups is 1. The number of hydrogen-bond donors (Lipinski definition) is 3. The van der Waals surface area contributed by atoms with Crippen molar-refractivity contribution in [2.75, 3.05) is 17.7 Å². The number of primary amides is 1. The van der Waals surface area contributed by atoms with Gasteiger partial charge in [-0.3, -0.25) is 4.79 Å². The fourth-order valence-corrected chi connectivity index (χ4v) is 6.18. The summed E-state index contributed by atoms with van der Waals surface area (Å²) in [6, 6.07) is 19.2. The Morgan fingerprint density at radius 3 is 2.40 bits per heavy atom. The van der Waals surface area contributed by atoms with E-state index in [-0.39, 0.29) is 17.4 Å². The van der Waals surface area contributed by atoms with E-state index in [4.69, 9.17) is 20.9 Å². The number of nitrogen functional groups attached to an aromatic ring is 1. The van der Waals surface area contributed by atoms with Crippen LogP contribution in [0.1, 0.15) is 45.7 Å². The van der Waals surface area contributed by atoms with Crippen molar-refractivity contribution in [3.8, 4) is 11.5 Å². The first-order chi connectivity index (χ1) is 19.9. The number of rotatable bonds is 12. The van der Waals surface area contributed by atoms with Crippen molar-refractivity contribution in [3.63, 3.8) is 0 Å². The average molecular weight is 591 g/mol. The molecule has 1 heterocycles. The fourth-order valence-electron chi connectivity index (χ4n) is 4.90. The molecule has 0 fully saturated rings. The van der Waals surface area contributed by atoms with Crippen LogP contribution in [0, 0.1) is 0 Å². The molecular formula is C32H38N4O5S. The summed E-state index contributed by atoms with van der Waals surface area (Å²) in [5.41, 5.74) is 12.2. The van der Waals surface area contributed by atoms with Gasteiger partial charge in [-0.15, -0.1) is 0 Å². The molecule has 0 saturated heterocycles. The first kappa shape index (κ1) is 30.6. The zero-order valence-corrected chi connectivity index (χ0v) is 25.4. The SMILES string of the molecule is CCOc1cc(C(Cc2ccccc2S(=O)(=O)C(C)C)(Nc2ccc3c(N)nccc3c2)C(N)=O)ccc1OC(C)C. The molecule has 4 rings (SSSR count). The normalized spacial score (nSPS) is 13.2. The average Bonchev–Trinajstić information content (AvgIpc) is 2.93. The molecule has 10 heteroatoms. The largest absolute Gasteiger partial charge is 0.490 e. The molecule has 222 valence electrons. The Bertz CT molecular complexity index is 1700. The van der Waals surface area contributed by atoms with Crippen LogP contribution in [0.2, 0.25) is 0 Å². The number of carbonyl (C=O) groups excluding carboxylic acids is 1. The highest BCUT2D eigenvalue weighted by atomic mass is 32.2. The second-order valence-corrected chi connectivity index (χ2v) is 13.1. The van der Waals surface area contributed by atoms with E-state index >= 15 is 0 Å². The van der Waals surface area contributed by atoms with E-state index < -0.39 is 26.5 Å². The van der Waals surface area contributed by atoms with E-state index in [0.717, 1.165) is 10.8 Å². The Morgan fingerprint density at radius 2 is 1.74 bits per heavy atom. The molecule has 0 aliphatic heterocycles. The molecule has 0 aliphatic carbocycles. The molecule has 42 heavy (non-hydrogen) atoms. The van der Waals surface area contributed by atoms with Crippen molar-refractivity contribution in [1.29, 1.82) is 0 Å². The van der Waals surface area contributed by atoms with Gasteiger partial charge in [0.1, 0.15) is 11.4 Å². The molecule has 0 aliphatic rings. The maximum Gasteiger partial charge on any atom is 0.248 e. The molecule has 1 unspecified atom stereocenters. The van der Waals surface area contributed by atoms with E-state index in [0.29, 0.717) is 40.7 Å². The summed E-state index contributed by atoms with van der Waals surface area (Å²) in [6.45, 7) is 9.30. The van der Waals surface area contributed by atoms with Crippen LogP contribution in [0.5, 0.6) is 11.5 Å². The van der Waals surface area contributed by atoms with Crippen molar-refractivity contribution >= 4 is 38.0 Å².